The zero-order valence-corrected chi connectivity index (χ0v) is 31.1. The third-order valence-electron chi connectivity index (χ3n) is 12.0. The highest BCUT2D eigenvalue weighted by molar-refractivity contribution is 6.19. The van der Waals surface area contributed by atoms with E-state index in [2.05, 4.69) is 190 Å². The van der Waals surface area contributed by atoms with Gasteiger partial charge in [-0.3, -0.25) is 16.0 Å². The monoisotopic (exact) mass is 738 g/mol. The maximum absolute atomic E-state index is 6.70. The molecule has 1 saturated heterocycles. The molecule has 3 N–H and O–H groups in total. The smallest absolute Gasteiger partial charge is 0.137 e. The summed E-state index contributed by atoms with van der Waals surface area (Å²) in [7, 11) is 0. The van der Waals surface area contributed by atoms with Crippen molar-refractivity contribution in [3.05, 3.63) is 192 Å². The number of fused-ring (bicyclic) bond motifs is 9. The van der Waals surface area contributed by atoms with Gasteiger partial charge in [-0.25, -0.2) is 0 Å². The van der Waals surface area contributed by atoms with Gasteiger partial charge in [-0.15, -0.1) is 0 Å². The van der Waals surface area contributed by atoms with E-state index in [1.807, 2.05) is 0 Å². The van der Waals surface area contributed by atoms with Crippen LogP contribution in [0.4, 0.5) is 0 Å². The number of hydrogen-bond acceptors (Lipinski definition) is 5. The number of rotatable bonds is 5. The molecule has 57 heavy (non-hydrogen) atoms. The quantitative estimate of drug-likeness (QED) is 0.164. The highest BCUT2D eigenvalue weighted by atomic mass is 16.3. The van der Waals surface area contributed by atoms with Crippen molar-refractivity contribution in [1.29, 1.82) is 0 Å². The molecule has 7 aromatic carbocycles. The molecule has 0 saturated carbocycles. The molecule has 0 spiro atoms. The van der Waals surface area contributed by atoms with Gasteiger partial charge in [-0.05, 0) is 94.8 Å². The SMILES string of the molecule is C1=Cc2c(c3ccccc3n2-c2ccc3c(c2)oc2cccc(-c4cccc5oc6ccc(C7NC(c8ccccc8)NC(c8ccccc8)N7)cc6c45)c23)CC1. The normalized spacial score (nSPS) is 18.3. The summed E-state index contributed by atoms with van der Waals surface area (Å²) in [6, 6.07) is 56.0. The number of aromatic nitrogens is 1. The average molecular weight is 739 g/mol. The first kappa shape index (κ1) is 32.5. The van der Waals surface area contributed by atoms with Crippen LogP contribution in [-0.2, 0) is 6.42 Å². The van der Waals surface area contributed by atoms with Gasteiger partial charge in [-0.1, -0.05) is 115 Å². The fourth-order valence-electron chi connectivity index (χ4n) is 9.40. The molecule has 0 radical (unpaired) electrons. The van der Waals surface area contributed by atoms with Crippen molar-refractivity contribution >= 4 is 60.9 Å². The van der Waals surface area contributed by atoms with Gasteiger partial charge in [0.2, 0.25) is 0 Å². The zero-order valence-electron chi connectivity index (χ0n) is 31.1. The summed E-state index contributed by atoms with van der Waals surface area (Å²) in [5, 5.41) is 17.2. The van der Waals surface area contributed by atoms with E-state index >= 15 is 0 Å². The number of benzene rings is 7. The molecule has 6 heteroatoms. The Kier molecular flexibility index (Phi) is 7.38. The minimum Gasteiger partial charge on any atom is -0.456 e. The number of nitrogens with one attached hydrogen (secondary N) is 3. The number of allylic oxidation sites excluding steroid dienone is 1. The lowest BCUT2D eigenvalue weighted by Crippen LogP contribution is -2.54. The number of para-hydroxylation sites is 1. The van der Waals surface area contributed by atoms with Crippen molar-refractivity contribution in [3.63, 3.8) is 0 Å². The first-order valence-corrected chi connectivity index (χ1v) is 19.8. The molecule has 2 atom stereocenters. The van der Waals surface area contributed by atoms with Crippen LogP contribution in [0.25, 0.3) is 77.7 Å². The van der Waals surface area contributed by atoms with Gasteiger partial charge < -0.3 is 13.4 Å². The summed E-state index contributed by atoms with van der Waals surface area (Å²) in [5.74, 6) is 0. The molecular weight excluding hydrogens is 701 g/mol. The van der Waals surface area contributed by atoms with Crippen LogP contribution in [0.3, 0.4) is 0 Å². The topological polar surface area (TPSA) is 67.3 Å². The molecule has 4 heterocycles. The molecule has 6 nitrogen and oxygen atoms in total. The van der Waals surface area contributed by atoms with E-state index < -0.39 is 0 Å². The largest absolute Gasteiger partial charge is 0.456 e. The molecule has 10 aromatic rings. The van der Waals surface area contributed by atoms with Crippen LogP contribution in [-0.4, -0.2) is 4.57 Å². The Morgan fingerprint density at radius 1 is 0.474 bits per heavy atom. The van der Waals surface area contributed by atoms with Gasteiger partial charge in [0.25, 0.3) is 0 Å². The Labute approximate surface area is 329 Å². The molecule has 3 aromatic heterocycles. The highest BCUT2D eigenvalue weighted by Crippen LogP contribution is 2.44. The Morgan fingerprint density at radius 2 is 1.11 bits per heavy atom. The van der Waals surface area contributed by atoms with Crippen LogP contribution in [0.2, 0.25) is 0 Å². The second-order valence-corrected chi connectivity index (χ2v) is 15.3. The fourth-order valence-corrected chi connectivity index (χ4v) is 9.40. The molecule has 1 aliphatic heterocycles. The molecule has 1 fully saturated rings. The molecule has 0 bridgehead atoms. The summed E-state index contributed by atoms with van der Waals surface area (Å²) < 4.78 is 15.7. The summed E-state index contributed by atoms with van der Waals surface area (Å²) in [4.78, 5) is 0. The summed E-state index contributed by atoms with van der Waals surface area (Å²) in [5.41, 5.74) is 14.2. The van der Waals surface area contributed by atoms with Gasteiger partial charge in [0.05, 0.1) is 24.0 Å². The number of furan rings is 2. The van der Waals surface area contributed by atoms with Crippen LogP contribution >= 0.6 is 0 Å². The molecule has 2 aliphatic rings. The minimum atomic E-state index is -0.128. The van der Waals surface area contributed by atoms with Crippen molar-refractivity contribution in [3.8, 4) is 16.8 Å². The van der Waals surface area contributed by atoms with Gasteiger partial charge in [0.1, 0.15) is 22.3 Å². The highest BCUT2D eigenvalue weighted by Gasteiger charge is 2.30. The van der Waals surface area contributed by atoms with Crippen LogP contribution in [0.15, 0.2) is 173 Å². The fraction of sp³-hybridized carbons (Fsp3) is 0.0980. The van der Waals surface area contributed by atoms with Gasteiger partial charge in [-0.2, -0.15) is 0 Å². The summed E-state index contributed by atoms with van der Waals surface area (Å²) in [6.07, 6.45) is 6.45. The van der Waals surface area contributed by atoms with E-state index in [4.69, 9.17) is 8.83 Å². The molecule has 0 amide bonds. The predicted molar refractivity (Wildman–Crippen MR) is 231 cm³/mol. The predicted octanol–water partition coefficient (Wildman–Crippen LogP) is 12.2. The lowest BCUT2D eigenvalue weighted by molar-refractivity contribution is 0.203. The van der Waals surface area contributed by atoms with E-state index in [1.165, 1.54) is 33.3 Å². The van der Waals surface area contributed by atoms with Crippen molar-refractivity contribution in [1.82, 2.24) is 20.5 Å². The first-order chi connectivity index (χ1) is 28.2. The molecule has 1 aliphatic carbocycles. The van der Waals surface area contributed by atoms with E-state index in [9.17, 15) is 0 Å². The molecule has 2 unspecified atom stereocenters. The maximum Gasteiger partial charge on any atom is 0.137 e. The summed E-state index contributed by atoms with van der Waals surface area (Å²) in [6.45, 7) is 0. The number of aryl methyl sites for hydroxylation is 1. The summed E-state index contributed by atoms with van der Waals surface area (Å²) >= 11 is 0. The van der Waals surface area contributed by atoms with Crippen molar-refractivity contribution in [2.75, 3.05) is 0 Å². The van der Waals surface area contributed by atoms with Crippen molar-refractivity contribution in [2.24, 2.45) is 0 Å². The average Bonchev–Trinajstić information content (AvgIpc) is 3.96. The number of nitrogens with zero attached hydrogens (tertiary/aromatic N) is 1. The molecule has 12 rings (SSSR count). The van der Waals surface area contributed by atoms with Gasteiger partial charge >= 0.3 is 0 Å². The minimum absolute atomic E-state index is 0.0550. The standard InChI is InChI=1S/C51H38N4O2/c1-3-13-31(14-4-1)49-52-50(32-15-5-2-6-16-32)54-51(53-49)33-25-28-43-40(29-33)48-38(20-12-24-45(48)56-43)37-19-11-23-44-47(37)39-27-26-34(30-46(39)57-44)55-41-21-9-7-17-35(41)36-18-8-10-22-42(36)55/h1-7,9-17,19-30,49-54H,8,18H2. The van der Waals surface area contributed by atoms with E-state index in [0.29, 0.717) is 0 Å². The molecular formula is C51H38N4O2. The lowest BCUT2D eigenvalue weighted by Gasteiger charge is -2.39. The number of hydrogen-bond donors (Lipinski definition) is 3. The van der Waals surface area contributed by atoms with E-state index in [0.717, 1.165) is 79.1 Å². The Hall–Kier alpha value is -6.70. The van der Waals surface area contributed by atoms with Crippen LogP contribution in [0.1, 0.15) is 52.9 Å². The Balaban J connectivity index is 0.985. The van der Waals surface area contributed by atoms with Gasteiger partial charge in [0, 0.05) is 44.4 Å². The third-order valence-corrected chi connectivity index (χ3v) is 12.0. The van der Waals surface area contributed by atoms with Crippen LogP contribution < -0.4 is 16.0 Å². The second kappa shape index (κ2) is 12.9. The lowest BCUT2D eigenvalue weighted by atomic mass is 9.94. The van der Waals surface area contributed by atoms with Gasteiger partial charge in [0.15, 0.2) is 0 Å². The van der Waals surface area contributed by atoms with Crippen LogP contribution in [0.5, 0.6) is 0 Å². The Morgan fingerprint density at radius 3 is 1.82 bits per heavy atom. The molecule has 274 valence electrons. The van der Waals surface area contributed by atoms with E-state index in [-0.39, 0.29) is 18.5 Å². The second-order valence-electron chi connectivity index (χ2n) is 15.3. The zero-order chi connectivity index (χ0) is 37.5. The van der Waals surface area contributed by atoms with Crippen molar-refractivity contribution in [2.45, 2.75) is 31.3 Å². The maximum atomic E-state index is 6.70. The Bertz CT molecular complexity index is 3140. The first-order valence-electron chi connectivity index (χ1n) is 19.8. The third kappa shape index (κ3) is 5.22. The van der Waals surface area contributed by atoms with Crippen molar-refractivity contribution < 1.29 is 8.83 Å². The van der Waals surface area contributed by atoms with Crippen LogP contribution in [0, 0.1) is 0 Å². The van der Waals surface area contributed by atoms with E-state index in [1.54, 1.807) is 0 Å².